The number of aliphatic imine (C=N–C) groups is 1. The van der Waals surface area contributed by atoms with Crippen molar-refractivity contribution < 1.29 is 14.2 Å². The van der Waals surface area contributed by atoms with E-state index >= 15 is 0 Å². The monoisotopic (exact) mass is 1010 g/mol. The summed E-state index contributed by atoms with van der Waals surface area (Å²) in [7, 11) is 0. The fourth-order valence-corrected chi connectivity index (χ4v) is 10.0. The predicted molar refractivity (Wildman–Crippen MR) is 308 cm³/mol. The molecule has 14 nitrogen and oxygen atoms in total. The van der Waals surface area contributed by atoms with Gasteiger partial charge in [0.25, 0.3) is 11.8 Å². The van der Waals surface area contributed by atoms with Crippen molar-refractivity contribution in [3.63, 3.8) is 0 Å². The zero-order valence-electron chi connectivity index (χ0n) is 43.2. The number of fused-ring (bicyclic) bond motifs is 4. The minimum Gasteiger partial charge on any atom is -0.385 e. The van der Waals surface area contributed by atoms with E-state index in [-0.39, 0.29) is 17.9 Å². The van der Waals surface area contributed by atoms with Crippen LogP contribution in [0, 0.1) is 6.92 Å². The van der Waals surface area contributed by atoms with Gasteiger partial charge in [0.1, 0.15) is 22.8 Å². The largest absolute Gasteiger partial charge is 0.385 e. The first-order valence-corrected chi connectivity index (χ1v) is 26.5. The second kappa shape index (κ2) is 23.5. The fourth-order valence-electron chi connectivity index (χ4n) is 10.0. The van der Waals surface area contributed by atoms with E-state index in [1.54, 1.807) is 12.4 Å². The molecule has 2 aliphatic rings. The summed E-state index contributed by atoms with van der Waals surface area (Å²) in [5.74, 6) is 0.756. The molecular weight excluding hydrogens is 945 g/mol. The van der Waals surface area contributed by atoms with E-state index in [2.05, 4.69) is 103 Å². The number of nitrogens with two attached hydrogens (primary N) is 2. The Morgan fingerprint density at radius 1 is 0.605 bits per heavy atom. The van der Waals surface area contributed by atoms with Crippen LogP contribution in [0.2, 0.25) is 0 Å². The molecule has 2 amide bonds. The molecule has 0 saturated heterocycles. The van der Waals surface area contributed by atoms with Gasteiger partial charge in [-0.1, -0.05) is 86.3 Å². The summed E-state index contributed by atoms with van der Waals surface area (Å²) in [6.07, 6.45) is 15.9. The van der Waals surface area contributed by atoms with Gasteiger partial charge >= 0.3 is 0 Å². The van der Waals surface area contributed by atoms with Crippen LogP contribution in [-0.2, 0) is 0 Å². The Morgan fingerprint density at radius 3 is 1.82 bits per heavy atom. The topological polar surface area (TPSA) is 192 Å². The molecule has 384 valence electrons. The van der Waals surface area contributed by atoms with E-state index in [0.717, 1.165) is 149 Å². The van der Waals surface area contributed by atoms with E-state index in [4.69, 9.17) is 21.4 Å². The van der Waals surface area contributed by atoms with Crippen LogP contribution in [0.3, 0.4) is 0 Å². The predicted octanol–water partition coefficient (Wildman–Crippen LogP) is 11.0. The molecule has 8 N–H and O–H groups in total. The quantitative estimate of drug-likeness (QED) is 0.0229. The maximum atomic E-state index is 13.0. The van der Waals surface area contributed by atoms with Crippen LogP contribution in [0.25, 0.3) is 38.9 Å². The van der Waals surface area contributed by atoms with Crippen molar-refractivity contribution in [1.29, 1.82) is 0 Å². The number of hydrogen-bond acceptors (Lipinski definition) is 11. The molecule has 0 bridgehead atoms. The molecule has 3 aromatic heterocycles. The van der Waals surface area contributed by atoms with Crippen LogP contribution in [0.5, 0.6) is 0 Å². The number of pyridine rings is 2. The molecule has 0 fully saturated rings. The summed E-state index contributed by atoms with van der Waals surface area (Å²) in [6, 6.07) is 43.8. The molecule has 5 aromatic carbocycles. The van der Waals surface area contributed by atoms with Crippen molar-refractivity contribution in [3.8, 4) is 16.8 Å². The minimum atomic E-state index is -0.0798. The SMILES string of the molecule is CC1=CC2=Nc3cnc(N)cc3N(c3ccccc3)C2C=C1NCCCCCCNC(=O)c1ccc(-c2ccc(C(=O)NCCCCCCNc3cc4c(cc3C)nc3cnc(N)cc3[n+]4-c3ccccc3)cc2)cc1. The number of nitrogens with one attached hydrogen (secondary N) is 4. The summed E-state index contributed by atoms with van der Waals surface area (Å²) in [6.45, 7) is 7.15. The highest BCUT2D eigenvalue weighted by Gasteiger charge is 2.32. The zero-order valence-corrected chi connectivity index (χ0v) is 43.2. The highest BCUT2D eigenvalue weighted by atomic mass is 16.2. The number of unbranched alkanes of at least 4 members (excludes halogenated alkanes) is 6. The number of rotatable bonds is 21. The second-order valence-corrected chi connectivity index (χ2v) is 19.6. The molecule has 76 heavy (non-hydrogen) atoms. The van der Waals surface area contributed by atoms with Gasteiger partial charge in [0, 0.05) is 78.6 Å². The highest BCUT2D eigenvalue weighted by molar-refractivity contribution is 6.10. The van der Waals surface area contributed by atoms with Gasteiger partial charge < -0.3 is 37.6 Å². The van der Waals surface area contributed by atoms with E-state index in [1.807, 2.05) is 97.1 Å². The van der Waals surface area contributed by atoms with E-state index in [9.17, 15) is 9.59 Å². The van der Waals surface area contributed by atoms with Crippen LogP contribution < -0.4 is 42.2 Å². The summed E-state index contributed by atoms with van der Waals surface area (Å²) in [5.41, 5.74) is 28.3. The number of allylic oxidation sites excluding steroid dienone is 1. The maximum absolute atomic E-state index is 13.0. The molecule has 10 rings (SSSR count). The average molecular weight is 1010 g/mol. The molecule has 0 saturated carbocycles. The van der Waals surface area contributed by atoms with E-state index in [0.29, 0.717) is 35.9 Å². The Kier molecular flexibility index (Phi) is 15.7. The molecule has 1 aliphatic carbocycles. The number of nitrogen functional groups attached to an aromatic ring is 2. The van der Waals surface area contributed by atoms with Gasteiger partial charge in [0.05, 0.1) is 35.9 Å². The Labute approximate surface area is 444 Å². The van der Waals surface area contributed by atoms with Gasteiger partial charge in [-0.25, -0.2) is 19.9 Å². The number of aromatic nitrogens is 4. The molecule has 14 heteroatoms. The van der Waals surface area contributed by atoms with Crippen molar-refractivity contribution in [2.24, 2.45) is 4.99 Å². The van der Waals surface area contributed by atoms with Gasteiger partial charge in [0.15, 0.2) is 5.52 Å². The lowest BCUT2D eigenvalue weighted by Gasteiger charge is -2.38. The van der Waals surface area contributed by atoms with Gasteiger partial charge in [0.2, 0.25) is 16.7 Å². The smallest absolute Gasteiger partial charge is 0.251 e. The van der Waals surface area contributed by atoms with Gasteiger partial charge in [-0.15, -0.1) is 4.57 Å². The fraction of sp³-hybridized carbons (Fsp3) is 0.242. The third-order valence-electron chi connectivity index (χ3n) is 14.1. The average Bonchev–Trinajstić information content (AvgIpc) is 3.48. The molecule has 1 atom stereocenters. The molecule has 1 unspecified atom stereocenters. The Bertz CT molecular complexity index is 3470. The lowest BCUT2D eigenvalue weighted by molar-refractivity contribution is -0.538. The lowest BCUT2D eigenvalue weighted by Crippen LogP contribution is -2.41. The number of hydrogen-bond donors (Lipinski definition) is 6. The highest BCUT2D eigenvalue weighted by Crippen LogP contribution is 2.42. The molecule has 4 heterocycles. The lowest BCUT2D eigenvalue weighted by atomic mass is 9.94. The van der Waals surface area contributed by atoms with Crippen LogP contribution in [-0.4, -0.2) is 64.7 Å². The summed E-state index contributed by atoms with van der Waals surface area (Å²) in [4.78, 5) is 46.8. The molecule has 8 aromatic rings. The number of amides is 2. The van der Waals surface area contributed by atoms with E-state index in [1.165, 1.54) is 0 Å². The Balaban J connectivity index is 0.609. The summed E-state index contributed by atoms with van der Waals surface area (Å²) < 4.78 is 2.20. The van der Waals surface area contributed by atoms with Crippen LogP contribution in [0.4, 0.5) is 34.4 Å². The van der Waals surface area contributed by atoms with Crippen LogP contribution in [0.15, 0.2) is 174 Å². The number of benzene rings is 5. The standard InChI is InChI=1S/C62H64N12O2/c1-41-33-51-55(73(47-17-9-7-10-18-47)57-37-59(63)69-39-53(57)71-51)35-49(41)65-29-13-3-5-15-31-67-61(75)45-25-21-43(22-26-45)44-23-27-46(28-24-44)62(76)68-32-16-6-4-14-30-66-50-36-56-52(34-42(50)2)72-54-40-70-60(64)38-58(54)74(56)48-19-11-8-12-20-48/h7-12,17-28,33-40,55,65H,3-6,13-16,29-32H2,1-2H3,(H6,63,64,66,67,68,69,70,75,76)/p+1. The Hall–Kier alpha value is -8.91. The number of anilines is 5. The van der Waals surface area contributed by atoms with Gasteiger partial charge in [-0.05, 0) is 116 Å². The maximum Gasteiger partial charge on any atom is 0.251 e. The summed E-state index contributed by atoms with van der Waals surface area (Å²) in [5, 5.41) is 13.5. The number of nitrogens with zero attached hydrogens (tertiary/aromatic N) is 6. The first-order chi connectivity index (χ1) is 37.2. The number of aryl methyl sites for hydroxylation is 1. The molecule has 1 aliphatic heterocycles. The number of carbonyl (C=O) groups excluding carboxylic acids is 2. The normalized spacial score (nSPS) is 13.8. The molecule has 0 spiro atoms. The van der Waals surface area contributed by atoms with E-state index < -0.39 is 0 Å². The summed E-state index contributed by atoms with van der Waals surface area (Å²) >= 11 is 0. The van der Waals surface area contributed by atoms with Crippen molar-refractivity contribution in [3.05, 3.63) is 186 Å². The van der Waals surface area contributed by atoms with Crippen molar-refractivity contribution >= 4 is 74.0 Å². The second-order valence-electron chi connectivity index (χ2n) is 19.6. The third kappa shape index (κ3) is 11.7. The first kappa shape index (κ1) is 50.6. The molecule has 0 radical (unpaired) electrons. The number of carbonyl (C=O) groups is 2. The third-order valence-corrected chi connectivity index (χ3v) is 14.1. The van der Waals surface area contributed by atoms with Crippen molar-refractivity contribution in [2.75, 3.05) is 47.9 Å². The van der Waals surface area contributed by atoms with Gasteiger partial charge in [-0.3, -0.25) is 9.59 Å². The minimum absolute atomic E-state index is 0.0756. The van der Waals surface area contributed by atoms with Crippen molar-refractivity contribution in [2.45, 2.75) is 71.3 Å². The zero-order chi connectivity index (χ0) is 52.4. The van der Waals surface area contributed by atoms with Crippen molar-refractivity contribution in [1.82, 2.24) is 30.9 Å². The Morgan fingerprint density at radius 2 is 1.17 bits per heavy atom. The van der Waals surface area contributed by atoms with Crippen LogP contribution >= 0.6 is 0 Å². The number of para-hydroxylation sites is 2. The van der Waals surface area contributed by atoms with Crippen LogP contribution in [0.1, 0.15) is 84.6 Å². The first-order valence-electron chi connectivity index (χ1n) is 26.5. The van der Waals surface area contributed by atoms with Gasteiger partial charge in [-0.2, -0.15) is 0 Å². The molecular formula is C62H65N12O2+.